The quantitative estimate of drug-likeness (QED) is 0.471. The Morgan fingerprint density at radius 2 is 2.07 bits per heavy atom. The molecule has 2 aromatic heterocycles. The van der Waals surface area contributed by atoms with Gasteiger partial charge in [-0.05, 0) is 42.3 Å². The number of aromatic nitrogens is 3. The summed E-state index contributed by atoms with van der Waals surface area (Å²) in [4.78, 5) is 14.9. The van der Waals surface area contributed by atoms with Crippen LogP contribution < -0.4 is 5.73 Å². The van der Waals surface area contributed by atoms with E-state index in [1.807, 2.05) is 24.4 Å². The van der Waals surface area contributed by atoms with Gasteiger partial charge in [-0.15, -0.1) is 0 Å². The first-order valence-electron chi connectivity index (χ1n) is 9.41. The second kappa shape index (κ2) is 7.56. The van der Waals surface area contributed by atoms with Gasteiger partial charge in [-0.2, -0.15) is 5.10 Å². The SMILES string of the molecule is CS(=O)(=O)CCC(Cn1ncc2cc(-c3c[nH]c4cc(F)ccc34)ccc21)C(N)=O. The van der Waals surface area contributed by atoms with Crippen molar-refractivity contribution in [3.05, 3.63) is 54.6 Å². The van der Waals surface area contributed by atoms with Crippen LogP contribution in [-0.2, 0) is 21.2 Å². The highest BCUT2D eigenvalue weighted by Gasteiger charge is 2.20. The zero-order valence-corrected chi connectivity index (χ0v) is 17.1. The Labute approximate surface area is 172 Å². The minimum absolute atomic E-state index is 0.106. The highest BCUT2D eigenvalue weighted by atomic mass is 32.2. The zero-order valence-electron chi connectivity index (χ0n) is 16.3. The predicted octanol–water partition coefficient (Wildman–Crippen LogP) is 2.86. The van der Waals surface area contributed by atoms with Crippen LogP contribution in [0.1, 0.15) is 6.42 Å². The van der Waals surface area contributed by atoms with Crippen LogP contribution in [0.15, 0.2) is 48.8 Å². The Balaban J connectivity index is 1.64. The molecule has 4 rings (SSSR count). The number of carbonyl (C=O) groups excluding carboxylic acids is 1. The molecule has 1 atom stereocenters. The highest BCUT2D eigenvalue weighted by Crippen LogP contribution is 2.31. The number of halogens is 1. The summed E-state index contributed by atoms with van der Waals surface area (Å²) in [5, 5.41) is 6.15. The molecule has 7 nitrogen and oxygen atoms in total. The molecule has 0 aliphatic carbocycles. The van der Waals surface area contributed by atoms with E-state index < -0.39 is 21.7 Å². The van der Waals surface area contributed by atoms with Gasteiger partial charge < -0.3 is 10.7 Å². The number of carbonyl (C=O) groups is 1. The second-order valence-corrected chi connectivity index (χ2v) is 9.77. The molecule has 0 saturated carbocycles. The lowest BCUT2D eigenvalue weighted by Crippen LogP contribution is -2.29. The van der Waals surface area contributed by atoms with Gasteiger partial charge in [0.25, 0.3) is 0 Å². The van der Waals surface area contributed by atoms with Crippen molar-refractivity contribution in [3.8, 4) is 11.1 Å². The Bertz CT molecular complexity index is 1360. The normalized spacial score (nSPS) is 13.1. The van der Waals surface area contributed by atoms with Gasteiger partial charge in [-0.25, -0.2) is 12.8 Å². The molecule has 3 N–H and O–H groups in total. The van der Waals surface area contributed by atoms with Gasteiger partial charge in [0.15, 0.2) is 0 Å². The summed E-state index contributed by atoms with van der Waals surface area (Å²) in [6.45, 7) is 0.208. The van der Waals surface area contributed by atoms with Crippen molar-refractivity contribution in [1.29, 1.82) is 0 Å². The summed E-state index contributed by atoms with van der Waals surface area (Å²) in [6, 6.07) is 10.4. The second-order valence-electron chi connectivity index (χ2n) is 7.51. The first-order valence-corrected chi connectivity index (χ1v) is 11.5. The number of amides is 1. The third-order valence-corrected chi connectivity index (χ3v) is 6.21. The summed E-state index contributed by atoms with van der Waals surface area (Å²) < 4.78 is 38.0. The fourth-order valence-corrected chi connectivity index (χ4v) is 4.34. The molecular weight excluding hydrogens is 407 g/mol. The lowest BCUT2D eigenvalue weighted by molar-refractivity contribution is -0.122. The Morgan fingerprint density at radius 3 is 2.80 bits per heavy atom. The number of hydrogen-bond donors (Lipinski definition) is 2. The largest absolute Gasteiger partial charge is 0.369 e. The van der Waals surface area contributed by atoms with Gasteiger partial charge in [0, 0.05) is 34.3 Å². The zero-order chi connectivity index (χ0) is 21.5. The van der Waals surface area contributed by atoms with Crippen molar-refractivity contribution < 1.29 is 17.6 Å². The molecule has 9 heteroatoms. The van der Waals surface area contributed by atoms with E-state index in [4.69, 9.17) is 5.73 Å². The van der Waals surface area contributed by atoms with Gasteiger partial charge in [0.05, 0.1) is 29.9 Å². The van der Waals surface area contributed by atoms with Crippen molar-refractivity contribution in [1.82, 2.24) is 14.8 Å². The molecule has 156 valence electrons. The molecule has 30 heavy (non-hydrogen) atoms. The summed E-state index contributed by atoms with van der Waals surface area (Å²) in [5.41, 5.74) is 8.90. The molecule has 1 amide bonds. The molecule has 4 aromatic rings. The molecule has 0 bridgehead atoms. The molecule has 0 radical (unpaired) electrons. The van der Waals surface area contributed by atoms with Gasteiger partial charge >= 0.3 is 0 Å². The Hall–Kier alpha value is -3.20. The Kier molecular flexibility index (Phi) is 5.07. The minimum atomic E-state index is -3.19. The number of sulfone groups is 1. The number of rotatable bonds is 7. The average Bonchev–Trinajstić information content (AvgIpc) is 3.27. The number of nitrogens with two attached hydrogens (primary N) is 1. The van der Waals surface area contributed by atoms with E-state index >= 15 is 0 Å². The van der Waals surface area contributed by atoms with Crippen LogP contribution in [0.3, 0.4) is 0 Å². The lowest BCUT2D eigenvalue weighted by atomic mass is 10.0. The maximum atomic E-state index is 13.4. The molecule has 0 saturated heterocycles. The molecule has 0 fully saturated rings. The number of nitrogens with one attached hydrogen (secondary N) is 1. The standard InChI is InChI=1S/C21H21FN4O3S/c1-30(28,29)7-6-14(21(23)27)12-26-20-5-2-13(8-15(20)10-25-26)18-11-24-19-9-16(22)3-4-17(18)19/h2-5,8-11,14,24H,6-7,12H2,1H3,(H2,23,27). The van der Waals surface area contributed by atoms with Gasteiger partial charge in [0.1, 0.15) is 15.7 Å². The number of H-pyrrole nitrogens is 1. The van der Waals surface area contributed by atoms with Crippen LogP contribution in [0.4, 0.5) is 4.39 Å². The lowest BCUT2D eigenvalue weighted by Gasteiger charge is -2.13. The van der Waals surface area contributed by atoms with E-state index in [9.17, 15) is 17.6 Å². The van der Waals surface area contributed by atoms with Crippen molar-refractivity contribution in [3.63, 3.8) is 0 Å². The molecule has 0 spiro atoms. The fraction of sp³-hybridized carbons (Fsp3) is 0.238. The molecule has 2 heterocycles. The van der Waals surface area contributed by atoms with E-state index in [2.05, 4.69) is 10.1 Å². The van der Waals surface area contributed by atoms with Crippen LogP contribution in [0, 0.1) is 11.7 Å². The first-order chi connectivity index (χ1) is 14.2. The van der Waals surface area contributed by atoms with Crippen molar-refractivity contribution in [2.75, 3.05) is 12.0 Å². The number of primary amides is 1. The van der Waals surface area contributed by atoms with Crippen molar-refractivity contribution >= 4 is 37.6 Å². The maximum Gasteiger partial charge on any atom is 0.222 e. The first kappa shape index (κ1) is 20.1. The van der Waals surface area contributed by atoms with Crippen LogP contribution in [0.2, 0.25) is 0 Å². The maximum absolute atomic E-state index is 13.4. The number of hydrogen-bond acceptors (Lipinski definition) is 4. The molecule has 1 unspecified atom stereocenters. The minimum Gasteiger partial charge on any atom is -0.369 e. The monoisotopic (exact) mass is 428 g/mol. The summed E-state index contributed by atoms with van der Waals surface area (Å²) in [7, 11) is -3.19. The molecule has 0 aliphatic rings. The smallest absolute Gasteiger partial charge is 0.222 e. The van der Waals surface area contributed by atoms with E-state index in [1.54, 1.807) is 16.9 Å². The van der Waals surface area contributed by atoms with Crippen LogP contribution in [0.5, 0.6) is 0 Å². The third kappa shape index (κ3) is 4.06. The fourth-order valence-electron chi connectivity index (χ4n) is 3.63. The summed E-state index contributed by atoms with van der Waals surface area (Å²) >= 11 is 0. The molecule has 2 aromatic carbocycles. The van der Waals surface area contributed by atoms with Gasteiger partial charge in [-0.3, -0.25) is 9.48 Å². The topological polar surface area (TPSA) is 111 Å². The molecule has 0 aliphatic heterocycles. The van der Waals surface area contributed by atoms with E-state index in [-0.39, 0.29) is 24.5 Å². The third-order valence-electron chi connectivity index (χ3n) is 5.23. The highest BCUT2D eigenvalue weighted by molar-refractivity contribution is 7.90. The van der Waals surface area contributed by atoms with E-state index in [0.29, 0.717) is 0 Å². The average molecular weight is 428 g/mol. The van der Waals surface area contributed by atoms with Gasteiger partial charge in [0.2, 0.25) is 5.91 Å². The summed E-state index contributed by atoms with van der Waals surface area (Å²) in [5.74, 6) is -1.59. The van der Waals surface area contributed by atoms with Crippen molar-refractivity contribution in [2.24, 2.45) is 11.7 Å². The van der Waals surface area contributed by atoms with E-state index in [0.717, 1.165) is 39.2 Å². The predicted molar refractivity (Wildman–Crippen MR) is 114 cm³/mol. The number of nitrogens with zero attached hydrogens (tertiary/aromatic N) is 2. The van der Waals surface area contributed by atoms with Crippen LogP contribution in [0.25, 0.3) is 32.9 Å². The number of fused-ring (bicyclic) bond motifs is 2. The Morgan fingerprint density at radius 1 is 1.27 bits per heavy atom. The number of aromatic amines is 1. The van der Waals surface area contributed by atoms with Gasteiger partial charge in [-0.1, -0.05) is 6.07 Å². The summed E-state index contributed by atoms with van der Waals surface area (Å²) in [6.07, 6.45) is 4.82. The molecular formula is C21H21FN4O3S. The van der Waals surface area contributed by atoms with Crippen LogP contribution >= 0.6 is 0 Å². The number of benzene rings is 2. The van der Waals surface area contributed by atoms with Crippen LogP contribution in [-0.4, -0.2) is 41.1 Å². The van der Waals surface area contributed by atoms with E-state index in [1.165, 1.54) is 12.1 Å². The van der Waals surface area contributed by atoms with Crippen molar-refractivity contribution in [2.45, 2.75) is 13.0 Å².